The van der Waals surface area contributed by atoms with E-state index in [4.69, 9.17) is 9.97 Å². The summed E-state index contributed by atoms with van der Waals surface area (Å²) in [6.45, 7) is 0. The second-order valence-electron chi connectivity index (χ2n) is 13.6. The molecule has 258 valence electrons. The highest BCUT2D eigenvalue weighted by Crippen LogP contribution is 2.43. The minimum Gasteiger partial charge on any atom is -0.264 e. The van der Waals surface area contributed by atoms with E-state index >= 15 is 0 Å². The Kier molecular flexibility index (Phi) is 8.36. The molecule has 0 saturated heterocycles. The van der Waals surface area contributed by atoms with Crippen LogP contribution in [0.5, 0.6) is 0 Å². The van der Waals surface area contributed by atoms with Crippen LogP contribution in [0.25, 0.3) is 98.6 Å². The maximum Gasteiger partial charge on any atom is 0.160 e. The highest BCUT2D eigenvalue weighted by atomic mass is 32.1. The number of rotatable bonds is 7. The van der Waals surface area contributed by atoms with E-state index < -0.39 is 0 Å². The number of benzene rings is 7. The summed E-state index contributed by atoms with van der Waals surface area (Å²) in [5.41, 5.74) is 14.0. The first-order valence-electron chi connectivity index (χ1n) is 18.4. The molecule has 0 spiro atoms. The summed E-state index contributed by atoms with van der Waals surface area (Å²) in [5.74, 6) is 0.688. The fourth-order valence-corrected chi connectivity index (χ4v) is 8.73. The fraction of sp³-hybridized carbons (Fsp3) is 0. The summed E-state index contributed by atoms with van der Waals surface area (Å²) < 4.78 is 2.57. The number of hydrogen-bond acceptors (Lipinski definition) is 4. The molecule has 0 radical (unpaired) electrons. The Balaban J connectivity index is 1.20. The van der Waals surface area contributed by atoms with Crippen molar-refractivity contribution in [1.82, 2.24) is 15.0 Å². The van der Waals surface area contributed by atoms with Gasteiger partial charge in [0, 0.05) is 49.3 Å². The molecule has 3 nitrogen and oxygen atoms in total. The molecular formula is C51H33N3S. The topological polar surface area (TPSA) is 38.7 Å². The molecule has 0 atom stereocenters. The smallest absolute Gasteiger partial charge is 0.160 e. The molecule has 3 aromatic heterocycles. The first kappa shape index (κ1) is 32.6. The minimum atomic E-state index is 0.688. The van der Waals surface area contributed by atoms with Crippen molar-refractivity contribution in [3.63, 3.8) is 0 Å². The summed E-state index contributed by atoms with van der Waals surface area (Å²) >= 11 is 1.86. The van der Waals surface area contributed by atoms with Gasteiger partial charge < -0.3 is 0 Å². The lowest BCUT2D eigenvalue weighted by Crippen LogP contribution is -1.97. The third-order valence-corrected chi connectivity index (χ3v) is 11.4. The molecule has 4 heteroatoms. The molecular weight excluding hydrogens is 687 g/mol. The van der Waals surface area contributed by atoms with Gasteiger partial charge in [0.15, 0.2) is 5.82 Å². The average Bonchev–Trinajstić information content (AvgIpc) is 3.66. The first-order valence-corrected chi connectivity index (χ1v) is 19.2. The summed E-state index contributed by atoms with van der Waals surface area (Å²) in [4.78, 5) is 14.8. The predicted octanol–water partition coefficient (Wildman–Crippen LogP) is 13.9. The Labute approximate surface area is 323 Å². The lowest BCUT2D eigenvalue weighted by Gasteiger charge is -2.16. The van der Waals surface area contributed by atoms with Gasteiger partial charge in [0.25, 0.3) is 0 Å². The van der Waals surface area contributed by atoms with Crippen LogP contribution in [-0.2, 0) is 0 Å². The van der Waals surface area contributed by atoms with Crippen LogP contribution < -0.4 is 0 Å². The van der Waals surface area contributed by atoms with Gasteiger partial charge in [-0.25, -0.2) is 9.97 Å². The van der Waals surface area contributed by atoms with Crippen molar-refractivity contribution in [1.29, 1.82) is 0 Å². The largest absolute Gasteiger partial charge is 0.264 e. The summed E-state index contributed by atoms with van der Waals surface area (Å²) in [5, 5.41) is 2.57. The van der Waals surface area contributed by atoms with Gasteiger partial charge in [-0.2, -0.15) is 0 Å². The predicted molar refractivity (Wildman–Crippen MR) is 231 cm³/mol. The summed E-state index contributed by atoms with van der Waals surface area (Å²) in [6, 6.07) is 66.7. The summed E-state index contributed by atoms with van der Waals surface area (Å²) in [6.07, 6.45) is 3.69. The van der Waals surface area contributed by atoms with Crippen LogP contribution in [0.2, 0.25) is 0 Å². The normalized spacial score (nSPS) is 11.3. The summed E-state index contributed by atoms with van der Waals surface area (Å²) in [7, 11) is 0. The molecule has 0 aliphatic rings. The van der Waals surface area contributed by atoms with E-state index in [1.54, 1.807) is 6.20 Å². The zero-order chi connectivity index (χ0) is 36.6. The van der Waals surface area contributed by atoms with Crippen LogP contribution in [0.4, 0.5) is 0 Å². The van der Waals surface area contributed by atoms with E-state index in [0.29, 0.717) is 5.82 Å². The van der Waals surface area contributed by atoms with Crippen LogP contribution in [0.3, 0.4) is 0 Å². The number of pyridine rings is 1. The second kappa shape index (κ2) is 14.1. The highest BCUT2D eigenvalue weighted by Gasteiger charge is 2.17. The van der Waals surface area contributed by atoms with E-state index in [1.807, 2.05) is 41.8 Å². The molecule has 0 unspecified atom stereocenters. The average molecular weight is 720 g/mol. The van der Waals surface area contributed by atoms with Gasteiger partial charge in [-0.1, -0.05) is 152 Å². The van der Waals surface area contributed by atoms with Crippen LogP contribution in [-0.4, -0.2) is 15.0 Å². The van der Waals surface area contributed by atoms with Crippen molar-refractivity contribution < 1.29 is 0 Å². The number of fused-ring (bicyclic) bond motifs is 3. The standard InChI is InChI=1S/C51H33N3S/c1-3-13-35(14-4-1)42-18-7-8-19-43(42)39-29-40(44-21-11-22-46-45-20-9-10-23-49(45)55-50(44)46)31-41(30-39)48-32-47(53-51(54-48)37-15-5-2-6-16-37)36-26-24-34(25-27-36)38-17-12-28-52-33-38/h1-33H. The van der Waals surface area contributed by atoms with Gasteiger partial charge in [-0.15, -0.1) is 11.3 Å². The molecule has 0 N–H and O–H groups in total. The first-order chi connectivity index (χ1) is 27.2. The van der Waals surface area contributed by atoms with Gasteiger partial charge in [0.2, 0.25) is 0 Å². The maximum absolute atomic E-state index is 5.30. The third-order valence-electron chi connectivity index (χ3n) is 10.2. The van der Waals surface area contributed by atoms with E-state index in [1.165, 1.54) is 42.4 Å². The van der Waals surface area contributed by atoms with E-state index in [-0.39, 0.29) is 0 Å². The van der Waals surface area contributed by atoms with Crippen molar-refractivity contribution >= 4 is 31.5 Å². The van der Waals surface area contributed by atoms with Crippen molar-refractivity contribution in [3.8, 4) is 78.4 Å². The quantitative estimate of drug-likeness (QED) is 0.165. The van der Waals surface area contributed by atoms with E-state index in [2.05, 4.69) is 169 Å². The molecule has 0 aliphatic carbocycles. The van der Waals surface area contributed by atoms with Crippen LogP contribution in [0.1, 0.15) is 0 Å². The number of thiophene rings is 1. The van der Waals surface area contributed by atoms with Gasteiger partial charge >= 0.3 is 0 Å². The number of hydrogen-bond donors (Lipinski definition) is 0. The van der Waals surface area contributed by atoms with Crippen LogP contribution in [0.15, 0.2) is 200 Å². The zero-order valence-corrected chi connectivity index (χ0v) is 30.6. The molecule has 0 bridgehead atoms. The second-order valence-corrected chi connectivity index (χ2v) is 14.7. The van der Waals surface area contributed by atoms with Crippen molar-refractivity contribution in [2.24, 2.45) is 0 Å². The molecule has 0 aliphatic heterocycles. The van der Waals surface area contributed by atoms with Crippen LogP contribution >= 0.6 is 11.3 Å². The van der Waals surface area contributed by atoms with Crippen molar-refractivity contribution in [3.05, 3.63) is 200 Å². The maximum atomic E-state index is 5.30. The van der Waals surface area contributed by atoms with Gasteiger partial charge in [-0.3, -0.25) is 4.98 Å². The highest BCUT2D eigenvalue weighted by molar-refractivity contribution is 7.26. The SMILES string of the molecule is c1ccc(-c2nc(-c3ccc(-c4cccnc4)cc3)cc(-c3cc(-c4ccccc4-c4ccccc4)cc(-c4cccc5c4sc4ccccc45)c3)n2)cc1. The fourth-order valence-electron chi connectivity index (χ4n) is 7.49. The Morgan fingerprint density at radius 1 is 0.345 bits per heavy atom. The van der Waals surface area contributed by atoms with E-state index in [0.717, 1.165) is 50.3 Å². The molecule has 7 aromatic carbocycles. The number of aromatic nitrogens is 3. The monoisotopic (exact) mass is 719 g/mol. The van der Waals surface area contributed by atoms with Gasteiger partial charge in [0.1, 0.15) is 0 Å². The van der Waals surface area contributed by atoms with Crippen molar-refractivity contribution in [2.75, 3.05) is 0 Å². The Morgan fingerprint density at radius 2 is 0.909 bits per heavy atom. The molecule has 10 aromatic rings. The van der Waals surface area contributed by atoms with Crippen LogP contribution in [0, 0.1) is 0 Å². The Hall–Kier alpha value is -7.01. The molecule has 3 heterocycles. The zero-order valence-electron chi connectivity index (χ0n) is 29.8. The molecule has 10 rings (SSSR count). The van der Waals surface area contributed by atoms with Crippen molar-refractivity contribution in [2.45, 2.75) is 0 Å². The van der Waals surface area contributed by atoms with E-state index in [9.17, 15) is 0 Å². The molecule has 55 heavy (non-hydrogen) atoms. The Morgan fingerprint density at radius 3 is 1.65 bits per heavy atom. The molecule has 0 amide bonds. The number of nitrogens with zero attached hydrogens (tertiary/aromatic N) is 3. The minimum absolute atomic E-state index is 0.688. The lowest BCUT2D eigenvalue weighted by atomic mass is 9.90. The lowest BCUT2D eigenvalue weighted by molar-refractivity contribution is 1.18. The third kappa shape index (κ3) is 6.29. The van der Waals surface area contributed by atoms with Gasteiger partial charge in [0.05, 0.1) is 11.4 Å². The Bertz CT molecular complexity index is 2950. The molecule has 0 fully saturated rings. The van der Waals surface area contributed by atoms with Gasteiger partial charge in [-0.05, 0) is 80.9 Å². The molecule has 0 saturated carbocycles.